The quantitative estimate of drug-likeness (QED) is 0.518. The van der Waals surface area contributed by atoms with Crippen LogP contribution < -0.4 is 0 Å². The van der Waals surface area contributed by atoms with Gasteiger partial charge in [0, 0.05) is 18.5 Å². The number of hydrogen-bond acceptors (Lipinski definition) is 2. The molecule has 1 saturated heterocycles. The predicted octanol–water partition coefficient (Wildman–Crippen LogP) is 3.48. The molecular weight excluding hydrogens is 244 g/mol. The molecule has 0 saturated carbocycles. The summed E-state index contributed by atoms with van der Waals surface area (Å²) in [5, 5.41) is 1.12. The Morgan fingerprint density at radius 1 is 1.14 bits per heavy atom. The van der Waals surface area contributed by atoms with Crippen LogP contribution in [0.2, 0.25) is 0 Å². The van der Waals surface area contributed by atoms with E-state index in [1.807, 2.05) is 0 Å². The lowest BCUT2D eigenvalue weighted by Crippen LogP contribution is -2.22. The van der Waals surface area contributed by atoms with Gasteiger partial charge in [-0.15, -0.1) is 0 Å². The normalized spacial score (nSPS) is 22.5. The summed E-state index contributed by atoms with van der Waals surface area (Å²) in [6.07, 6.45) is 8.67. The molecule has 0 N–H and O–H groups in total. The molecule has 0 aromatic heterocycles. The molecule has 1 rings (SSSR count). The highest BCUT2D eigenvalue weighted by molar-refractivity contribution is 9.09. The van der Waals surface area contributed by atoms with E-state index in [2.05, 4.69) is 15.9 Å². The fourth-order valence-corrected chi connectivity index (χ4v) is 2.00. The maximum Gasteiger partial charge on any atom is 0.157 e. The van der Waals surface area contributed by atoms with Crippen LogP contribution in [-0.4, -0.2) is 24.8 Å². The van der Waals surface area contributed by atoms with Crippen molar-refractivity contribution in [2.75, 3.05) is 18.5 Å². The molecular formula is C11H21BrO2. The predicted molar refractivity (Wildman–Crippen MR) is 61.8 cm³/mol. The summed E-state index contributed by atoms with van der Waals surface area (Å²) < 4.78 is 11.1. The third-order valence-corrected chi connectivity index (χ3v) is 3.03. The molecule has 0 unspecified atom stereocenters. The third kappa shape index (κ3) is 5.99. The van der Waals surface area contributed by atoms with Crippen molar-refractivity contribution in [3.8, 4) is 0 Å². The molecule has 1 atom stereocenters. The van der Waals surface area contributed by atoms with E-state index >= 15 is 0 Å². The Morgan fingerprint density at radius 3 is 2.71 bits per heavy atom. The fraction of sp³-hybridized carbons (Fsp3) is 1.00. The van der Waals surface area contributed by atoms with Gasteiger partial charge >= 0.3 is 0 Å². The Balaban J connectivity index is 1.82. The molecule has 84 valence electrons. The minimum absolute atomic E-state index is 0.0972. The maximum absolute atomic E-state index is 5.63. The zero-order valence-electron chi connectivity index (χ0n) is 8.84. The lowest BCUT2D eigenvalue weighted by Gasteiger charge is -2.22. The largest absolute Gasteiger partial charge is 0.353 e. The first-order valence-electron chi connectivity index (χ1n) is 5.72. The van der Waals surface area contributed by atoms with Crippen molar-refractivity contribution in [3.05, 3.63) is 0 Å². The van der Waals surface area contributed by atoms with Crippen molar-refractivity contribution in [2.24, 2.45) is 0 Å². The van der Waals surface area contributed by atoms with E-state index in [1.165, 1.54) is 38.5 Å². The van der Waals surface area contributed by atoms with Gasteiger partial charge in [-0.3, -0.25) is 0 Å². The summed E-state index contributed by atoms with van der Waals surface area (Å²) in [7, 11) is 0. The van der Waals surface area contributed by atoms with E-state index in [9.17, 15) is 0 Å². The molecule has 0 aliphatic carbocycles. The van der Waals surface area contributed by atoms with Gasteiger partial charge in [0.05, 0.1) is 0 Å². The number of halogens is 1. The van der Waals surface area contributed by atoms with E-state index in [-0.39, 0.29) is 6.29 Å². The van der Waals surface area contributed by atoms with E-state index in [0.717, 1.165) is 25.0 Å². The van der Waals surface area contributed by atoms with Crippen molar-refractivity contribution in [2.45, 2.75) is 51.2 Å². The molecule has 0 spiro atoms. The monoisotopic (exact) mass is 264 g/mol. The van der Waals surface area contributed by atoms with Crippen LogP contribution in [0.25, 0.3) is 0 Å². The van der Waals surface area contributed by atoms with Gasteiger partial charge in [0.2, 0.25) is 0 Å². The van der Waals surface area contributed by atoms with E-state index in [4.69, 9.17) is 9.47 Å². The van der Waals surface area contributed by atoms with Crippen molar-refractivity contribution in [3.63, 3.8) is 0 Å². The van der Waals surface area contributed by atoms with Gasteiger partial charge in [-0.1, -0.05) is 28.8 Å². The molecule has 3 heteroatoms. The smallest absolute Gasteiger partial charge is 0.157 e. The lowest BCUT2D eigenvalue weighted by molar-refractivity contribution is -0.162. The Labute approximate surface area is 95.5 Å². The first kappa shape index (κ1) is 12.5. The van der Waals surface area contributed by atoms with Crippen LogP contribution in [0.5, 0.6) is 0 Å². The molecule has 0 bridgehead atoms. The Hall–Kier alpha value is 0.400. The maximum atomic E-state index is 5.63. The molecule has 1 fully saturated rings. The van der Waals surface area contributed by atoms with Crippen molar-refractivity contribution >= 4 is 15.9 Å². The van der Waals surface area contributed by atoms with Gasteiger partial charge in [0.1, 0.15) is 0 Å². The topological polar surface area (TPSA) is 18.5 Å². The van der Waals surface area contributed by atoms with E-state index < -0.39 is 0 Å². The van der Waals surface area contributed by atoms with Crippen molar-refractivity contribution < 1.29 is 9.47 Å². The number of hydrogen-bond donors (Lipinski definition) is 0. The second kappa shape index (κ2) is 8.69. The summed E-state index contributed by atoms with van der Waals surface area (Å²) in [5.41, 5.74) is 0. The van der Waals surface area contributed by atoms with E-state index in [1.54, 1.807) is 0 Å². The summed E-state index contributed by atoms with van der Waals surface area (Å²) in [6.45, 7) is 1.75. The highest BCUT2D eigenvalue weighted by Crippen LogP contribution is 2.14. The Bertz CT molecular complexity index is 124. The number of ether oxygens (including phenoxy) is 2. The molecule has 1 heterocycles. The number of unbranched alkanes of at least 4 members (excludes halogenated alkanes) is 3. The van der Waals surface area contributed by atoms with Gasteiger partial charge in [-0.05, 0) is 32.1 Å². The fourth-order valence-electron chi connectivity index (χ4n) is 1.61. The summed E-state index contributed by atoms with van der Waals surface area (Å²) >= 11 is 3.43. The van der Waals surface area contributed by atoms with Gasteiger partial charge in [0.15, 0.2) is 6.29 Å². The summed E-state index contributed by atoms with van der Waals surface area (Å²) in [4.78, 5) is 0. The van der Waals surface area contributed by atoms with Gasteiger partial charge in [-0.25, -0.2) is 0 Å². The van der Waals surface area contributed by atoms with Crippen LogP contribution >= 0.6 is 15.9 Å². The second-order valence-corrected chi connectivity index (χ2v) is 4.56. The van der Waals surface area contributed by atoms with Crippen LogP contribution in [0.4, 0.5) is 0 Å². The molecule has 0 amide bonds. The second-order valence-electron chi connectivity index (χ2n) is 3.77. The molecule has 0 radical (unpaired) electrons. The molecule has 1 aliphatic rings. The SMILES string of the molecule is BrCCCCCCO[C@@H]1CCCCO1. The van der Waals surface area contributed by atoms with Crippen LogP contribution in [0.15, 0.2) is 0 Å². The first-order valence-corrected chi connectivity index (χ1v) is 6.85. The summed E-state index contributed by atoms with van der Waals surface area (Å²) in [5.74, 6) is 0. The first-order chi connectivity index (χ1) is 6.93. The van der Waals surface area contributed by atoms with Gasteiger partial charge < -0.3 is 9.47 Å². The molecule has 2 nitrogen and oxygen atoms in total. The highest BCUT2D eigenvalue weighted by atomic mass is 79.9. The van der Waals surface area contributed by atoms with Crippen molar-refractivity contribution in [1.29, 1.82) is 0 Å². The van der Waals surface area contributed by atoms with Crippen molar-refractivity contribution in [1.82, 2.24) is 0 Å². The lowest BCUT2D eigenvalue weighted by atomic mass is 10.2. The molecule has 1 aliphatic heterocycles. The zero-order chi connectivity index (χ0) is 10.1. The Kier molecular flexibility index (Phi) is 7.74. The van der Waals surface area contributed by atoms with Crippen LogP contribution in [0.3, 0.4) is 0 Å². The minimum atomic E-state index is 0.0972. The minimum Gasteiger partial charge on any atom is -0.353 e. The molecule has 0 aromatic rings. The number of rotatable bonds is 7. The van der Waals surface area contributed by atoms with Crippen LogP contribution in [0, 0.1) is 0 Å². The average Bonchev–Trinajstić information content (AvgIpc) is 2.25. The van der Waals surface area contributed by atoms with Gasteiger partial charge in [-0.2, -0.15) is 0 Å². The summed E-state index contributed by atoms with van der Waals surface area (Å²) in [6, 6.07) is 0. The molecule has 0 aromatic carbocycles. The van der Waals surface area contributed by atoms with Crippen LogP contribution in [-0.2, 0) is 9.47 Å². The Morgan fingerprint density at radius 2 is 2.00 bits per heavy atom. The third-order valence-electron chi connectivity index (χ3n) is 2.47. The average molecular weight is 265 g/mol. The van der Waals surface area contributed by atoms with E-state index in [0.29, 0.717) is 0 Å². The molecule has 14 heavy (non-hydrogen) atoms. The highest BCUT2D eigenvalue weighted by Gasteiger charge is 2.12. The number of alkyl halides is 1. The zero-order valence-corrected chi connectivity index (χ0v) is 10.4. The van der Waals surface area contributed by atoms with Crippen LogP contribution in [0.1, 0.15) is 44.9 Å². The standard InChI is InChI=1S/C11H21BrO2/c12-8-4-1-2-5-9-13-11-7-3-6-10-14-11/h11H,1-10H2/t11-/m0/s1. The van der Waals surface area contributed by atoms with Gasteiger partial charge in [0.25, 0.3) is 0 Å².